The lowest BCUT2D eigenvalue weighted by molar-refractivity contribution is 0.0760. The SMILES string of the molecule is COc1ccc(OC)c(-c2cc(C(=O)N3CCC(c4ccccc4)S(=O)(=O)CC3)[nH]n2)c1. The van der Waals surface area contributed by atoms with Gasteiger partial charge in [0.05, 0.1) is 30.9 Å². The van der Waals surface area contributed by atoms with Crippen LogP contribution >= 0.6 is 0 Å². The molecule has 1 aliphatic heterocycles. The van der Waals surface area contributed by atoms with E-state index in [2.05, 4.69) is 10.2 Å². The number of benzene rings is 2. The number of hydrogen-bond donors (Lipinski definition) is 1. The van der Waals surface area contributed by atoms with Gasteiger partial charge >= 0.3 is 0 Å². The maximum absolute atomic E-state index is 13.1. The van der Waals surface area contributed by atoms with Crippen LogP contribution in [0, 0.1) is 0 Å². The van der Waals surface area contributed by atoms with Crippen LogP contribution in [-0.4, -0.2) is 62.5 Å². The van der Waals surface area contributed by atoms with Crippen molar-refractivity contribution < 1.29 is 22.7 Å². The quantitative estimate of drug-likeness (QED) is 0.634. The molecule has 0 radical (unpaired) electrons. The minimum Gasteiger partial charge on any atom is -0.497 e. The fraction of sp³-hybridized carbons (Fsp3) is 0.304. The Morgan fingerprint density at radius 1 is 1.06 bits per heavy atom. The van der Waals surface area contributed by atoms with E-state index >= 15 is 0 Å². The first-order chi connectivity index (χ1) is 15.4. The predicted molar refractivity (Wildman–Crippen MR) is 121 cm³/mol. The van der Waals surface area contributed by atoms with Crippen molar-refractivity contribution in [3.8, 4) is 22.8 Å². The Bertz CT molecular complexity index is 1210. The van der Waals surface area contributed by atoms with Crippen molar-refractivity contribution in [2.24, 2.45) is 0 Å². The summed E-state index contributed by atoms with van der Waals surface area (Å²) in [4.78, 5) is 14.7. The number of sulfone groups is 1. The van der Waals surface area contributed by atoms with E-state index in [9.17, 15) is 13.2 Å². The zero-order valence-corrected chi connectivity index (χ0v) is 18.8. The molecule has 4 rings (SSSR count). The van der Waals surface area contributed by atoms with E-state index in [-0.39, 0.29) is 18.2 Å². The Labute approximate surface area is 187 Å². The molecular weight excluding hydrogens is 430 g/mol. The van der Waals surface area contributed by atoms with E-state index in [1.54, 1.807) is 43.4 Å². The second-order valence-electron chi connectivity index (χ2n) is 7.58. The predicted octanol–water partition coefficient (Wildman–Crippen LogP) is 3.10. The molecule has 0 aliphatic carbocycles. The summed E-state index contributed by atoms with van der Waals surface area (Å²) >= 11 is 0. The number of nitrogens with zero attached hydrogens (tertiary/aromatic N) is 2. The highest BCUT2D eigenvalue weighted by Crippen LogP contribution is 2.33. The second-order valence-corrected chi connectivity index (χ2v) is 9.88. The molecule has 2 heterocycles. The minimum absolute atomic E-state index is 0.0804. The number of aromatic nitrogens is 2. The van der Waals surface area contributed by atoms with Crippen LogP contribution in [0.5, 0.6) is 11.5 Å². The van der Waals surface area contributed by atoms with Gasteiger partial charge in [0.2, 0.25) is 0 Å². The number of aromatic amines is 1. The molecule has 1 saturated heterocycles. The van der Waals surface area contributed by atoms with Crippen LogP contribution in [0.2, 0.25) is 0 Å². The van der Waals surface area contributed by atoms with E-state index < -0.39 is 15.1 Å². The van der Waals surface area contributed by atoms with Crippen LogP contribution in [0.25, 0.3) is 11.3 Å². The fourth-order valence-electron chi connectivity index (χ4n) is 3.94. The van der Waals surface area contributed by atoms with E-state index in [4.69, 9.17) is 9.47 Å². The van der Waals surface area contributed by atoms with Gasteiger partial charge in [-0.2, -0.15) is 5.10 Å². The van der Waals surface area contributed by atoms with Gasteiger partial charge in [-0.05, 0) is 36.2 Å². The lowest BCUT2D eigenvalue weighted by atomic mass is 10.1. The first-order valence-electron chi connectivity index (χ1n) is 10.3. The summed E-state index contributed by atoms with van der Waals surface area (Å²) in [6, 6.07) is 16.1. The molecule has 8 nitrogen and oxygen atoms in total. The molecule has 0 spiro atoms. The monoisotopic (exact) mass is 455 g/mol. The van der Waals surface area contributed by atoms with Crippen LogP contribution in [-0.2, 0) is 9.84 Å². The highest BCUT2D eigenvalue weighted by molar-refractivity contribution is 7.91. The molecule has 1 fully saturated rings. The summed E-state index contributed by atoms with van der Waals surface area (Å²) in [6.07, 6.45) is 0.350. The van der Waals surface area contributed by atoms with E-state index in [0.717, 1.165) is 5.56 Å². The topological polar surface area (TPSA) is 102 Å². The summed E-state index contributed by atoms with van der Waals surface area (Å²) in [6.45, 7) is 0.482. The summed E-state index contributed by atoms with van der Waals surface area (Å²) < 4.78 is 36.4. The molecule has 9 heteroatoms. The molecule has 0 bridgehead atoms. The zero-order chi connectivity index (χ0) is 22.7. The average molecular weight is 456 g/mol. The third-order valence-corrected chi connectivity index (χ3v) is 7.82. The molecule has 2 aromatic carbocycles. The third-order valence-electron chi connectivity index (χ3n) is 5.69. The first kappa shape index (κ1) is 21.9. The number of ether oxygens (including phenoxy) is 2. The number of methoxy groups -OCH3 is 2. The zero-order valence-electron chi connectivity index (χ0n) is 17.9. The van der Waals surface area contributed by atoms with Gasteiger partial charge in [0, 0.05) is 18.7 Å². The summed E-state index contributed by atoms with van der Waals surface area (Å²) in [5.74, 6) is 0.877. The molecule has 1 unspecified atom stereocenters. The van der Waals surface area contributed by atoms with Gasteiger partial charge in [-0.1, -0.05) is 30.3 Å². The van der Waals surface area contributed by atoms with Gasteiger partial charge < -0.3 is 14.4 Å². The van der Waals surface area contributed by atoms with Gasteiger partial charge in [0.1, 0.15) is 17.2 Å². The number of hydrogen-bond acceptors (Lipinski definition) is 6. The van der Waals surface area contributed by atoms with Crippen molar-refractivity contribution in [1.29, 1.82) is 0 Å². The second kappa shape index (κ2) is 9.04. The number of H-pyrrole nitrogens is 1. The average Bonchev–Trinajstić information content (AvgIpc) is 3.24. The summed E-state index contributed by atoms with van der Waals surface area (Å²) in [5, 5.41) is 6.45. The largest absolute Gasteiger partial charge is 0.497 e. The molecular formula is C23H25N3O5S. The molecule has 1 aliphatic rings. The maximum atomic E-state index is 13.1. The van der Waals surface area contributed by atoms with Crippen molar-refractivity contribution >= 4 is 15.7 Å². The Morgan fingerprint density at radius 2 is 1.84 bits per heavy atom. The van der Waals surface area contributed by atoms with Crippen LogP contribution in [0.4, 0.5) is 0 Å². The number of nitrogens with one attached hydrogen (secondary N) is 1. The number of carbonyl (C=O) groups is 1. The van der Waals surface area contributed by atoms with Gasteiger partial charge in [0.25, 0.3) is 5.91 Å². The summed E-state index contributed by atoms with van der Waals surface area (Å²) in [7, 11) is -0.235. The molecule has 1 aromatic heterocycles. The molecule has 1 atom stereocenters. The number of amides is 1. The van der Waals surface area contributed by atoms with Gasteiger partial charge in [-0.25, -0.2) is 8.42 Å². The first-order valence-corrected chi connectivity index (χ1v) is 12.0. The van der Waals surface area contributed by atoms with Crippen LogP contribution in [0.3, 0.4) is 0 Å². The Kier molecular flexibility index (Phi) is 6.18. The van der Waals surface area contributed by atoms with Crippen LogP contribution in [0.1, 0.15) is 27.7 Å². The van der Waals surface area contributed by atoms with Crippen molar-refractivity contribution in [3.63, 3.8) is 0 Å². The van der Waals surface area contributed by atoms with Crippen molar-refractivity contribution in [1.82, 2.24) is 15.1 Å². The lowest BCUT2D eigenvalue weighted by Crippen LogP contribution is -2.33. The molecule has 168 valence electrons. The van der Waals surface area contributed by atoms with Gasteiger partial charge in [0.15, 0.2) is 9.84 Å². The van der Waals surface area contributed by atoms with Crippen LogP contribution < -0.4 is 9.47 Å². The fourth-order valence-corrected chi connectivity index (χ4v) is 5.74. The highest BCUT2D eigenvalue weighted by atomic mass is 32.2. The van der Waals surface area contributed by atoms with Crippen LogP contribution in [0.15, 0.2) is 54.6 Å². The highest BCUT2D eigenvalue weighted by Gasteiger charge is 2.33. The lowest BCUT2D eigenvalue weighted by Gasteiger charge is -2.19. The molecule has 32 heavy (non-hydrogen) atoms. The van der Waals surface area contributed by atoms with E-state index in [1.807, 2.05) is 30.3 Å². The molecule has 0 saturated carbocycles. The standard InChI is InChI=1S/C23H25N3O5S/c1-30-17-8-9-21(31-2)18(14-17)19-15-20(25-24-19)23(27)26-11-10-22(32(28,29)13-12-26)16-6-4-3-5-7-16/h3-9,14-15,22H,10-13H2,1-2H3,(H,24,25). The maximum Gasteiger partial charge on any atom is 0.271 e. The minimum atomic E-state index is -3.37. The Hall–Kier alpha value is -3.33. The number of carbonyl (C=O) groups excluding carboxylic acids is 1. The van der Waals surface area contributed by atoms with Crippen molar-refractivity contribution in [3.05, 3.63) is 65.9 Å². The number of rotatable bonds is 5. The summed E-state index contributed by atoms with van der Waals surface area (Å²) in [5.41, 5.74) is 2.27. The molecule has 3 aromatic rings. The molecule has 1 amide bonds. The smallest absolute Gasteiger partial charge is 0.271 e. The molecule has 1 N–H and O–H groups in total. The Morgan fingerprint density at radius 3 is 2.56 bits per heavy atom. The van der Waals surface area contributed by atoms with Gasteiger partial charge in [-0.3, -0.25) is 9.89 Å². The third kappa shape index (κ3) is 4.34. The van der Waals surface area contributed by atoms with Gasteiger partial charge in [-0.15, -0.1) is 0 Å². The van der Waals surface area contributed by atoms with Crippen molar-refractivity contribution in [2.45, 2.75) is 11.7 Å². The van der Waals surface area contributed by atoms with E-state index in [0.29, 0.717) is 41.4 Å². The Balaban J connectivity index is 1.56. The van der Waals surface area contributed by atoms with E-state index in [1.165, 1.54) is 0 Å². The normalized spacial score (nSPS) is 18.1. The van der Waals surface area contributed by atoms with Crippen molar-refractivity contribution in [2.75, 3.05) is 33.1 Å².